The number of likely N-dealkylation sites (tertiary alicyclic amines) is 1. The maximum atomic E-state index is 12.4. The maximum absolute atomic E-state index is 12.4. The van der Waals surface area contributed by atoms with Gasteiger partial charge in [-0.25, -0.2) is 0 Å². The number of benzene rings is 1. The molecule has 1 fully saturated rings. The Balaban J connectivity index is 1.69. The molecule has 2 N–H and O–H groups in total. The third-order valence-electron chi connectivity index (χ3n) is 4.05. The van der Waals surface area contributed by atoms with Crippen molar-refractivity contribution in [2.24, 2.45) is 11.7 Å². The Labute approximate surface area is 138 Å². The van der Waals surface area contributed by atoms with Crippen LogP contribution in [0.25, 0.3) is 0 Å². The molecule has 2 heterocycles. The highest BCUT2D eigenvalue weighted by atomic mass is 35.5. The van der Waals surface area contributed by atoms with Crippen molar-refractivity contribution >= 4 is 23.4 Å². The minimum atomic E-state index is -0.352. The normalized spacial score (nSPS) is 17.4. The van der Waals surface area contributed by atoms with Crippen LogP contribution in [0.2, 0.25) is 5.02 Å². The Morgan fingerprint density at radius 1 is 1.35 bits per heavy atom. The topological polar surface area (TPSA) is 81.2 Å². The van der Waals surface area contributed by atoms with Crippen molar-refractivity contribution in [3.8, 4) is 0 Å². The van der Waals surface area contributed by atoms with Gasteiger partial charge >= 0.3 is 0 Å². The van der Waals surface area contributed by atoms with Crippen LogP contribution >= 0.6 is 11.6 Å². The summed E-state index contributed by atoms with van der Waals surface area (Å²) in [5.74, 6) is -0.731. The van der Waals surface area contributed by atoms with E-state index in [0.717, 1.165) is 5.56 Å². The second-order valence-electron chi connectivity index (χ2n) is 5.66. The number of primary amides is 1. The van der Waals surface area contributed by atoms with Gasteiger partial charge in [0.2, 0.25) is 5.91 Å². The van der Waals surface area contributed by atoms with Gasteiger partial charge in [0.05, 0.1) is 24.2 Å². The van der Waals surface area contributed by atoms with Gasteiger partial charge in [-0.1, -0.05) is 29.8 Å². The molecule has 1 unspecified atom stereocenters. The quantitative estimate of drug-likeness (QED) is 0.922. The van der Waals surface area contributed by atoms with E-state index in [2.05, 4.69) is 5.10 Å². The van der Waals surface area contributed by atoms with Crippen LogP contribution in [0.15, 0.2) is 36.7 Å². The lowest BCUT2D eigenvalue weighted by Gasteiger charge is -2.14. The van der Waals surface area contributed by atoms with E-state index in [1.54, 1.807) is 15.8 Å². The first kappa shape index (κ1) is 15.6. The van der Waals surface area contributed by atoms with Gasteiger partial charge in [0.1, 0.15) is 0 Å². The predicted molar refractivity (Wildman–Crippen MR) is 86.0 cm³/mol. The molecule has 0 bridgehead atoms. The lowest BCUT2D eigenvalue weighted by atomic mass is 10.1. The standard InChI is InChI=1S/C16H17ClN4O2/c17-14-4-2-1-3-11(14)9-21-10-13(7-19-21)16(23)20-6-5-12(8-20)15(18)22/h1-4,7,10,12H,5-6,8-9H2,(H2,18,22). The Morgan fingerprint density at radius 2 is 2.13 bits per heavy atom. The number of rotatable bonds is 4. The van der Waals surface area contributed by atoms with Crippen molar-refractivity contribution in [1.29, 1.82) is 0 Å². The molecule has 6 nitrogen and oxygen atoms in total. The van der Waals surface area contributed by atoms with Gasteiger partial charge in [-0.15, -0.1) is 0 Å². The second kappa shape index (κ2) is 6.42. The van der Waals surface area contributed by atoms with Crippen LogP contribution in [0.1, 0.15) is 22.3 Å². The number of carbonyl (C=O) groups is 2. The van der Waals surface area contributed by atoms with Gasteiger partial charge in [0.25, 0.3) is 5.91 Å². The number of nitrogens with two attached hydrogens (primary N) is 1. The van der Waals surface area contributed by atoms with Crippen LogP contribution in [-0.2, 0) is 11.3 Å². The fraction of sp³-hybridized carbons (Fsp3) is 0.312. The fourth-order valence-electron chi connectivity index (χ4n) is 2.72. The minimum absolute atomic E-state index is 0.126. The third kappa shape index (κ3) is 3.37. The maximum Gasteiger partial charge on any atom is 0.257 e. The van der Waals surface area contributed by atoms with Crippen LogP contribution in [0.3, 0.4) is 0 Å². The van der Waals surface area contributed by atoms with Crippen molar-refractivity contribution in [2.45, 2.75) is 13.0 Å². The lowest BCUT2D eigenvalue weighted by Crippen LogP contribution is -2.31. The molecular weight excluding hydrogens is 316 g/mol. The Morgan fingerprint density at radius 3 is 2.83 bits per heavy atom. The van der Waals surface area contributed by atoms with Crippen LogP contribution in [0.4, 0.5) is 0 Å². The average Bonchev–Trinajstić information content (AvgIpc) is 3.18. The summed E-state index contributed by atoms with van der Waals surface area (Å²) >= 11 is 6.13. The number of aromatic nitrogens is 2. The molecule has 2 aromatic rings. The van der Waals surface area contributed by atoms with Crippen molar-refractivity contribution in [2.75, 3.05) is 13.1 Å². The number of hydrogen-bond donors (Lipinski definition) is 1. The van der Waals surface area contributed by atoms with E-state index in [4.69, 9.17) is 17.3 Å². The van der Waals surface area contributed by atoms with E-state index in [9.17, 15) is 9.59 Å². The van der Waals surface area contributed by atoms with Crippen LogP contribution < -0.4 is 5.73 Å². The van der Waals surface area contributed by atoms with Gasteiger partial charge in [0.15, 0.2) is 0 Å². The Hall–Kier alpha value is -2.34. The predicted octanol–water partition coefficient (Wildman–Crippen LogP) is 1.53. The molecule has 0 saturated carbocycles. The zero-order valence-electron chi connectivity index (χ0n) is 12.5. The highest BCUT2D eigenvalue weighted by molar-refractivity contribution is 6.31. The average molecular weight is 333 g/mol. The van der Waals surface area contributed by atoms with Crippen LogP contribution in [-0.4, -0.2) is 39.6 Å². The van der Waals surface area contributed by atoms with Gasteiger partial charge in [-0.05, 0) is 18.1 Å². The number of nitrogens with zero attached hydrogens (tertiary/aromatic N) is 3. The molecular formula is C16H17ClN4O2. The monoisotopic (exact) mass is 332 g/mol. The number of hydrogen-bond acceptors (Lipinski definition) is 3. The number of halogens is 1. The summed E-state index contributed by atoms with van der Waals surface area (Å²) in [4.78, 5) is 25.3. The molecule has 120 valence electrons. The summed E-state index contributed by atoms with van der Waals surface area (Å²) < 4.78 is 1.68. The molecule has 1 aliphatic rings. The lowest BCUT2D eigenvalue weighted by molar-refractivity contribution is -0.121. The first-order valence-electron chi connectivity index (χ1n) is 7.39. The minimum Gasteiger partial charge on any atom is -0.369 e. The summed E-state index contributed by atoms with van der Waals surface area (Å²) in [5.41, 5.74) is 6.74. The molecule has 3 rings (SSSR count). The summed E-state index contributed by atoms with van der Waals surface area (Å²) in [7, 11) is 0. The van der Waals surface area contributed by atoms with E-state index in [-0.39, 0.29) is 17.7 Å². The largest absolute Gasteiger partial charge is 0.369 e. The molecule has 1 aliphatic heterocycles. The highest BCUT2D eigenvalue weighted by Crippen LogP contribution is 2.19. The fourth-order valence-corrected chi connectivity index (χ4v) is 2.92. The number of carbonyl (C=O) groups excluding carboxylic acids is 2. The van der Waals surface area contributed by atoms with Gasteiger partial charge in [-0.3, -0.25) is 14.3 Å². The van der Waals surface area contributed by atoms with E-state index < -0.39 is 0 Å². The van der Waals surface area contributed by atoms with Crippen molar-refractivity contribution in [3.05, 3.63) is 52.8 Å². The Kier molecular flexibility index (Phi) is 4.34. The molecule has 1 aromatic carbocycles. The van der Waals surface area contributed by atoms with E-state index in [0.29, 0.717) is 36.6 Å². The molecule has 2 amide bonds. The third-order valence-corrected chi connectivity index (χ3v) is 4.42. The van der Waals surface area contributed by atoms with E-state index in [1.807, 2.05) is 24.3 Å². The summed E-state index contributed by atoms with van der Waals surface area (Å²) in [6.07, 6.45) is 3.86. The molecule has 1 saturated heterocycles. The Bertz CT molecular complexity index is 743. The van der Waals surface area contributed by atoms with Crippen molar-refractivity contribution in [1.82, 2.24) is 14.7 Å². The highest BCUT2D eigenvalue weighted by Gasteiger charge is 2.30. The van der Waals surface area contributed by atoms with Crippen LogP contribution in [0, 0.1) is 5.92 Å². The first-order chi connectivity index (χ1) is 11.0. The SMILES string of the molecule is NC(=O)C1CCN(C(=O)c2cnn(Cc3ccccc3Cl)c2)C1. The molecule has 7 heteroatoms. The molecule has 23 heavy (non-hydrogen) atoms. The summed E-state index contributed by atoms with van der Waals surface area (Å²) in [6.45, 7) is 1.42. The van der Waals surface area contributed by atoms with Gasteiger partial charge in [-0.2, -0.15) is 5.10 Å². The summed E-state index contributed by atoms with van der Waals surface area (Å²) in [5, 5.41) is 4.88. The van der Waals surface area contributed by atoms with Crippen molar-refractivity contribution in [3.63, 3.8) is 0 Å². The van der Waals surface area contributed by atoms with Gasteiger partial charge < -0.3 is 10.6 Å². The summed E-state index contributed by atoms with van der Waals surface area (Å²) in [6, 6.07) is 7.52. The van der Waals surface area contributed by atoms with E-state index in [1.165, 1.54) is 6.20 Å². The molecule has 0 aliphatic carbocycles. The molecule has 0 radical (unpaired) electrons. The number of amides is 2. The van der Waals surface area contributed by atoms with Gasteiger partial charge in [0, 0.05) is 24.3 Å². The van der Waals surface area contributed by atoms with E-state index >= 15 is 0 Å². The van der Waals surface area contributed by atoms with Crippen LogP contribution in [0.5, 0.6) is 0 Å². The smallest absolute Gasteiger partial charge is 0.257 e. The molecule has 1 aromatic heterocycles. The second-order valence-corrected chi connectivity index (χ2v) is 6.06. The zero-order valence-corrected chi connectivity index (χ0v) is 13.2. The van der Waals surface area contributed by atoms with Crippen molar-refractivity contribution < 1.29 is 9.59 Å². The first-order valence-corrected chi connectivity index (χ1v) is 7.77. The molecule has 0 spiro atoms. The zero-order chi connectivity index (χ0) is 16.4. The molecule has 1 atom stereocenters.